The molecule has 1 saturated heterocycles. The Bertz CT molecular complexity index is 1020. The van der Waals surface area contributed by atoms with Crippen molar-refractivity contribution in [2.75, 3.05) is 6.54 Å². The number of aromatic hydroxyl groups is 1. The maximum absolute atomic E-state index is 12.5. The maximum Gasteiger partial charge on any atom is 0.410 e. The third-order valence-corrected chi connectivity index (χ3v) is 4.93. The molecule has 2 aromatic carbocycles. The molecule has 2 heterocycles. The Labute approximate surface area is 164 Å². The minimum atomic E-state index is -0.516. The quantitative estimate of drug-likeness (QED) is 0.656. The third-order valence-electron chi connectivity index (χ3n) is 4.93. The monoisotopic (exact) mass is 379 g/mol. The Morgan fingerprint density at radius 3 is 2.75 bits per heavy atom. The standard InChI is InChI=1S/C22H25N3O3/c1-22(2,3)28-21(27)25-10-4-5-19(25)20-23-13-18(24-20)16-7-6-15-12-17(26)9-8-14(15)11-16/h6-9,11-13,19,26H,4-5,10H2,1-3H3,(H,23,24). The molecule has 3 aromatic rings. The van der Waals surface area contributed by atoms with E-state index in [9.17, 15) is 9.90 Å². The van der Waals surface area contributed by atoms with Gasteiger partial charge in [0.1, 0.15) is 17.2 Å². The molecule has 1 unspecified atom stereocenters. The number of aromatic amines is 1. The molecule has 1 aliphatic heterocycles. The molecule has 146 valence electrons. The minimum absolute atomic E-state index is 0.0963. The molecule has 0 aliphatic carbocycles. The Kier molecular flexibility index (Phi) is 4.49. The van der Waals surface area contributed by atoms with Gasteiger partial charge in [-0.25, -0.2) is 9.78 Å². The molecular weight excluding hydrogens is 354 g/mol. The van der Waals surface area contributed by atoms with Gasteiger partial charge in [0.05, 0.1) is 17.9 Å². The van der Waals surface area contributed by atoms with Crippen LogP contribution in [0.15, 0.2) is 42.6 Å². The lowest BCUT2D eigenvalue weighted by molar-refractivity contribution is 0.0218. The SMILES string of the molecule is CC(C)(C)OC(=O)N1CCCC1c1ncc(-c2ccc3cc(O)ccc3c2)[nH]1. The summed E-state index contributed by atoms with van der Waals surface area (Å²) in [4.78, 5) is 22.2. The van der Waals surface area contributed by atoms with Crippen molar-refractivity contribution in [2.45, 2.75) is 45.3 Å². The molecule has 1 aliphatic rings. The fourth-order valence-corrected chi connectivity index (χ4v) is 3.64. The highest BCUT2D eigenvalue weighted by molar-refractivity contribution is 5.87. The van der Waals surface area contributed by atoms with Crippen molar-refractivity contribution >= 4 is 16.9 Å². The van der Waals surface area contributed by atoms with Crippen LogP contribution < -0.4 is 0 Å². The van der Waals surface area contributed by atoms with E-state index in [2.05, 4.69) is 16.0 Å². The summed E-state index contributed by atoms with van der Waals surface area (Å²) in [7, 11) is 0. The summed E-state index contributed by atoms with van der Waals surface area (Å²) >= 11 is 0. The molecule has 6 heteroatoms. The second-order valence-corrected chi connectivity index (χ2v) is 8.26. The lowest BCUT2D eigenvalue weighted by Gasteiger charge is -2.27. The van der Waals surface area contributed by atoms with E-state index in [1.807, 2.05) is 45.2 Å². The molecule has 1 atom stereocenters. The van der Waals surface area contributed by atoms with Crippen molar-refractivity contribution in [1.82, 2.24) is 14.9 Å². The van der Waals surface area contributed by atoms with Crippen LogP contribution in [0.2, 0.25) is 0 Å². The Morgan fingerprint density at radius 1 is 1.21 bits per heavy atom. The van der Waals surface area contributed by atoms with Gasteiger partial charge in [0.2, 0.25) is 0 Å². The first-order valence-electron chi connectivity index (χ1n) is 9.58. The predicted molar refractivity (Wildman–Crippen MR) is 108 cm³/mol. The molecule has 1 fully saturated rings. The molecule has 28 heavy (non-hydrogen) atoms. The number of amides is 1. The largest absolute Gasteiger partial charge is 0.508 e. The highest BCUT2D eigenvalue weighted by Crippen LogP contribution is 2.33. The van der Waals surface area contributed by atoms with Crippen LogP contribution in [0.3, 0.4) is 0 Å². The summed E-state index contributed by atoms with van der Waals surface area (Å²) in [6.07, 6.45) is 3.31. The van der Waals surface area contributed by atoms with E-state index in [-0.39, 0.29) is 17.9 Å². The smallest absolute Gasteiger partial charge is 0.410 e. The average Bonchev–Trinajstić information content (AvgIpc) is 3.29. The Morgan fingerprint density at radius 2 is 1.96 bits per heavy atom. The number of hydrogen-bond donors (Lipinski definition) is 2. The van der Waals surface area contributed by atoms with E-state index >= 15 is 0 Å². The molecule has 0 bridgehead atoms. The minimum Gasteiger partial charge on any atom is -0.508 e. The zero-order valence-electron chi connectivity index (χ0n) is 16.4. The van der Waals surface area contributed by atoms with Crippen molar-refractivity contribution in [1.29, 1.82) is 0 Å². The highest BCUT2D eigenvalue weighted by Gasteiger charge is 2.34. The normalized spacial score (nSPS) is 17.2. The number of phenols is 1. The zero-order valence-corrected chi connectivity index (χ0v) is 16.4. The average molecular weight is 379 g/mol. The van der Waals surface area contributed by atoms with Crippen LogP contribution in [-0.2, 0) is 4.74 Å². The Balaban J connectivity index is 1.58. The third kappa shape index (κ3) is 3.67. The summed E-state index contributed by atoms with van der Waals surface area (Å²) in [6.45, 7) is 6.30. The number of benzene rings is 2. The first-order chi connectivity index (χ1) is 13.3. The van der Waals surface area contributed by atoms with E-state index in [1.54, 1.807) is 17.0 Å². The zero-order chi connectivity index (χ0) is 19.9. The second kappa shape index (κ2) is 6.86. The van der Waals surface area contributed by atoms with E-state index in [0.29, 0.717) is 6.54 Å². The number of likely N-dealkylation sites (tertiary alicyclic amines) is 1. The topological polar surface area (TPSA) is 78.4 Å². The molecule has 0 radical (unpaired) electrons. The number of carbonyl (C=O) groups excluding carboxylic acids is 1. The van der Waals surface area contributed by atoms with Gasteiger partial charge in [-0.05, 0) is 62.6 Å². The van der Waals surface area contributed by atoms with Gasteiger partial charge in [0.15, 0.2) is 0 Å². The van der Waals surface area contributed by atoms with Crippen LogP contribution in [0.5, 0.6) is 5.75 Å². The van der Waals surface area contributed by atoms with Gasteiger partial charge in [-0.2, -0.15) is 0 Å². The molecule has 0 spiro atoms. The van der Waals surface area contributed by atoms with Gasteiger partial charge in [0, 0.05) is 12.1 Å². The highest BCUT2D eigenvalue weighted by atomic mass is 16.6. The van der Waals surface area contributed by atoms with Crippen LogP contribution in [0, 0.1) is 0 Å². The summed E-state index contributed by atoms with van der Waals surface area (Å²) < 4.78 is 5.55. The predicted octanol–water partition coefficient (Wildman–Crippen LogP) is 5.01. The number of hydrogen-bond acceptors (Lipinski definition) is 4. The van der Waals surface area contributed by atoms with Crippen molar-refractivity contribution in [3.05, 3.63) is 48.4 Å². The van der Waals surface area contributed by atoms with Crippen molar-refractivity contribution < 1.29 is 14.6 Å². The molecule has 2 N–H and O–H groups in total. The number of nitrogens with zero attached hydrogens (tertiary/aromatic N) is 2. The first kappa shape index (κ1) is 18.3. The first-order valence-corrected chi connectivity index (χ1v) is 9.58. The molecule has 0 saturated carbocycles. The number of carbonyl (C=O) groups is 1. The molecule has 4 rings (SSSR count). The fraction of sp³-hybridized carbons (Fsp3) is 0.364. The number of imidazole rings is 1. The van der Waals surface area contributed by atoms with Crippen LogP contribution >= 0.6 is 0 Å². The number of nitrogens with one attached hydrogen (secondary N) is 1. The summed E-state index contributed by atoms with van der Waals surface area (Å²) in [5, 5.41) is 11.6. The number of fused-ring (bicyclic) bond motifs is 1. The van der Waals surface area contributed by atoms with Gasteiger partial charge >= 0.3 is 6.09 Å². The molecule has 6 nitrogen and oxygen atoms in total. The van der Waals surface area contributed by atoms with Crippen molar-refractivity contribution in [2.24, 2.45) is 0 Å². The summed E-state index contributed by atoms with van der Waals surface area (Å²) in [5.41, 5.74) is 1.40. The van der Waals surface area contributed by atoms with Gasteiger partial charge in [-0.1, -0.05) is 18.2 Å². The lowest BCUT2D eigenvalue weighted by atomic mass is 10.1. The molecular formula is C22H25N3O3. The molecule has 1 aromatic heterocycles. The number of ether oxygens (including phenoxy) is 1. The second-order valence-electron chi connectivity index (χ2n) is 8.26. The number of aromatic nitrogens is 2. The van der Waals surface area contributed by atoms with E-state index in [4.69, 9.17) is 4.74 Å². The number of H-pyrrole nitrogens is 1. The van der Waals surface area contributed by atoms with Crippen LogP contribution in [-0.4, -0.2) is 38.2 Å². The van der Waals surface area contributed by atoms with Crippen molar-refractivity contribution in [3.63, 3.8) is 0 Å². The van der Waals surface area contributed by atoms with Crippen LogP contribution in [0.25, 0.3) is 22.0 Å². The lowest BCUT2D eigenvalue weighted by Crippen LogP contribution is -2.36. The van der Waals surface area contributed by atoms with Gasteiger partial charge in [0.25, 0.3) is 0 Å². The maximum atomic E-state index is 12.5. The van der Waals surface area contributed by atoms with E-state index < -0.39 is 5.60 Å². The van der Waals surface area contributed by atoms with Crippen molar-refractivity contribution in [3.8, 4) is 17.0 Å². The van der Waals surface area contributed by atoms with Crippen LogP contribution in [0.1, 0.15) is 45.5 Å². The summed E-state index contributed by atoms with van der Waals surface area (Å²) in [5.74, 6) is 1.04. The fourth-order valence-electron chi connectivity index (χ4n) is 3.64. The van der Waals surface area contributed by atoms with E-state index in [0.717, 1.165) is 40.7 Å². The van der Waals surface area contributed by atoms with Gasteiger partial charge in [-0.15, -0.1) is 0 Å². The number of rotatable bonds is 2. The van der Waals surface area contributed by atoms with Crippen LogP contribution in [0.4, 0.5) is 4.79 Å². The van der Waals surface area contributed by atoms with Gasteiger partial charge in [-0.3, -0.25) is 4.90 Å². The number of phenolic OH excluding ortho intramolecular Hbond substituents is 1. The Hall–Kier alpha value is -3.02. The van der Waals surface area contributed by atoms with E-state index in [1.165, 1.54) is 0 Å². The molecule has 1 amide bonds. The summed E-state index contributed by atoms with van der Waals surface area (Å²) in [6, 6.07) is 11.3. The van der Waals surface area contributed by atoms with Gasteiger partial charge < -0.3 is 14.8 Å².